The van der Waals surface area contributed by atoms with Gasteiger partial charge in [-0.15, -0.1) is 11.3 Å². The first kappa shape index (κ1) is 12.6. The molecule has 17 heavy (non-hydrogen) atoms. The molecular formula is C13H19NO2S. The third kappa shape index (κ3) is 2.87. The van der Waals surface area contributed by atoms with Crippen molar-refractivity contribution >= 4 is 17.3 Å². The predicted molar refractivity (Wildman–Crippen MR) is 69.5 cm³/mol. The maximum atomic E-state index is 11.5. The first-order valence-electron chi connectivity index (χ1n) is 6.28. The number of aryl methyl sites for hydroxylation is 1. The SMILES string of the molecule is CCc1ccc(C(C(=O)O)N2CCCCC2)s1. The molecule has 1 atom stereocenters. The van der Waals surface area contributed by atoms with Gasteiger partial charge in [-0.3, -0.25) is 9.69 Å². The molecule has 1 aromatic heterocycles. The third-order valence-corrected chi connectivity index (χ3v) is 4.57. The predicted octanol–water partition coefficient (Wildman–Crippen LogP) is 2.92. The Labute approximate surface area is 106 Å². The Morgan fingerprint density at radius 1 is 1.41 bits per heavy atom. The van der Waals surface area contributed by atoms with Gasteiger partial charge in [0.05, 0.1) is 0 Å². The quantitative estimate of drug-likeness (QED) is 0.897. The zero-order valence-electron chi connectivity index (χ0n) is 10.2. The van der Waals surface area contributed by atoms with Gasteiger partial charge in [-0.25, -0.2) is 0 Å². The number of piperidine rings is 1. The van der Waals surface area contributed by atoms with Gasteiger partial charge in [0.25, 0.3) is 0 Å². The highest BCUT2D eigenvalue weighted by molar-refractivity contribution is 7.12. The summed E-state index contributed by atoms with van der Waals surface area (Å²) < 4.78 is 0. The molecule has 0 spiro atoms. The van der Waals surface area contributed by atoms with Gasteiger partial charge in [-0.2, -0.15) is 0 Å². The molecule has 0 radical (unpaired) electrons. The summed E-state index contributed by atoms with van der Waals surface area (Å²) >= 11 is 1.64. The zero-order valence-corrected chi connectivity index (χ0v) is 11.0. The normalized spacial score (nSPS) is 19.1. The average Bonchev–Trinajstić information content (AvgIpc) is 2.79. The Balaban J connectivity index is 2.18. The molecule has 2 rings (SSSR count). The highest BCUT2D eigenvalue weighted by atomic mass is 32.1. The average molecular weight is 253 g/mol. The lowest BCUT2D eigenvalue weighted by Gasteiger charge is -2.31. The Morgan fingerprint density at radius 3 is 2.65 bits per heavy atom. The summed E-state index contributed by atoms with van der Waals surface area (Å²) in [5.74, 6) is -0.712. The van der Waals surface area contributed by atoms with Gasteiger partial charge >= 0.3 is 5.97 Å². The van der Waals surface area contributed by atoms with Crippen LogP contribution in [0.2, 0.25) is 0 Å². The van der Waals surface area contributed by atoms with Crippen LogP contribution in [-0.2, 0) is 11.2 Å². The van der Waals surface area contributed by atoms with Crippen molar-refractivity contribution in [2.75, 3.05) is 13.1 Å². The lowest BCUT2D eigenvalue weighted by atomic mass is 10.1. The molecule has 0 aromatic carbocycles. The smallest absolute Gasteiger partial charge is 0.326 e. The van der Waals surface area contributed by atoms with E-state index < -0.39 is 12.0 Å². The molecular weight excluding hydrogens is 234 g/mol. The fourth-order valence-electron chi connectivity index (χ4n) is 2.37. The molecule has 3 nitrogen and oxygen atoms in total. The van der Waals surface area contributed by atoms with E-state index in [0.717, 1.165) is 37.2 Å². The number of hydrogen-bond acceptors (Lipinski definition) is 3. The minimum absolute atomic E-state index is 0.430. The molecule has 1 fully saturated rings. The minimum atomic E-state index is -0.712. The molecule has 1 aliphatic heterocycles. The van der Waals surface area contributed by atoms with Gasteiger partial charge in [0, 0.05) is 9.75 Å². The van der Waals surface area contributed by atoms with Crippen LogP contribution in [0.5, 0.6) is 0 Å². The monoisotopic (exact) mass is 253 g/mol. The van der Waals surface area contributed by atoms with Crippen LogP contribution >= 0.6 is 11.3 Å². The second kappa shape index (κ2) is 5.65. The number of likely N-dealkylation sites (tertiary alicyclic amines) is 1. The van der Waals surface area contributed by atoms with Gasteiger partial charge in [0.1, 0.15) is 6.04 Å². The number of nitrogens with zero attached hydrogens (tertiary/aromatic N) is 1. The molecule has 0 aliphatic carbocycles. The maximum Gasteiger partial charge on any atom is 0.326 e. The summed E-state index contributed by atoms with van der Waals surface area (Å²) in [7, 11) is 0. The number of rotatable bonds is 4. The number of carboxylic acids is 1. The largest absolute Gasteiger partial charge is 0.480 e. The van der Waals surface area contributed by atoms with Crippen LogP contribution in [0.3, 0.4) is 0 Å². The van der Waals surface area contributed by atoms with Crippen LogP contribution in [-0.4, -0.2) is 29.1 Å². The molecule has 1 aliphatic rings. The molecule has 0 saturated carbocycles. The fraction of sp³-hybridized carbons (Fsp3) is 0.615. The van der Waals surface area contributed by atoms with E-state index in [1.807, 2.05) is 6.07 Å². The Morgan fingerprint density at radius 2 is 2.12 bits per heavy atom. The van der Waals surface area contributed by atoms with E-state index in [1.54, 1.807) is 11.3 Å². The number of hydrogen-bond donors (Lipinski definition) is 1. The number of aliphatic carboxylic acids is 1. The van der Waals surface area contributed by atoms with Crippen LogP contribution < -0.4 is 0 Å². The van der Waals surface area contributed by atoms with Crippen molar-refractivity contribution in [3.8, 4) is 0 Å². The summed E-state index contributed by atoms with van der Waals surface area (Å²) in [6.07, 6.45) is 4.45. The van der Waals surface area contributed by atoms with Crippen molar-refractivity contribution in [3.05, 3.63) is 21.9 Å². The third-order valence-electron chi connectivity index (χ3n) is 3.29. The Hall–Kier alpha value is -0.870. The number of carboxylic acid groups (broad SMARTS) is 1. The summed E-state index contributed by atoms with van der Waals surface area (Å²) in [6.45, 7) is 3.93. The molecule has 1 N–H and O–H groups in total. The van der Waals surface area contributed by atoms with E-state index in [-0.39, 0.29) is 0 Å². The number of thiophene rings is 1. The van der Waals surface area contributed by atoms with Gasteiger partial charge in [-0.1, -0.05) is 13.3 Å². The van der Waals surface area contributed by atoms with Crippen LogP contribution in [0.25, 0.3) is 0 Å². The lowest BCUT2D eigenvalue weighted by molar-refractivity contribution is -0.143. The second-order valence-corrected chi connectivity index (χ2v) is 5.69. The molecule has 1 aromatic rings. The van der Waals surface area contributed by atoms with E-state index in [9.17, 15) is 9.90 Å². The van der Waals surface area contributed by atoms with Crippen molar-refractivity contribution < 1.29 is 9.90 Å². The molecule has 94 valence electrons. The molecule has 1 saturated heterocycles. The minimum Gasteiger partial charge on any atom is -0.480 e. The van der Waals surface area contributed by atoms with Crippen molar-refractivity contribution in [1.29, 1.82) is 0 Å². The van der Waals surface area contributed by atoms with E-state index in [2.05, 4.69) is 17.9 Å². The Kier molecular flexibility index (Phi) is 4.18. The first-order valence-corrected chi connectivity index (χ1v) is 7.09. The zero-order chi connectivity index (χ0) is 12.3. The molecule has 2 heterocycles. The van der Waals surface area contributed by atoms with Crippen LogP contribution in [0.15, 0.2) is 12.1 Å². The molecule has 4 heteroatoms. The van der Waals surface area contributed by atoms with Gasteiger partial charge in [-0.05, 0) is 44.5 Å². The van der Waals surface area contributed by atoms with E-state index >= 15 is 0 Å². The topological polar surface area (TPSA) is 40.5 Å². The second-order valence-electron chi connectivity index (χ2n) is 4.50. The van der Waals surface area contributed by atoms with E-state index in [1.165, 1.54) is 11.3 Å². The van der Waals surface area contributed by atoms with Crippen LogP contribution in [0.4, 0.5) is 0 Å². The summed E-state index contributed by atoms with van der Waals surface area (Å²) in [6, 6.07) is 3.61. The van der Waals surface area contributed by atoms with E-state index in [0.29, 0.717) is 0 Å². The summed E-state index contributed by atoms with van der Waals surface area (Å²) in [4.78, 5) is 15.8. The van der Waals surface area contributed by atoms with Gasteiger partial charge in [0.15, 0.2) is 0 Å². The van der Waals surface area contributed by atoms with E-state index in [4.69, 9.17) is 0 Å². The molecule has 0 bridgehead atoms. The number of carbonyl (C=O) groups is 1. The van der Waals surface area contributed by atoms with Crippen molar-refractivity contribution in [3.63, 3.8) is 0 Å². The van der Waals surface area contributed by atoms with Gasteiger partial charge in [0.2, 0.25) is 0 Å². The first-order chi connectivity index (χ1) is 8.22. The highest BCUT2D eigenvalue weighted by Crippen LogP contribution is 2.30. The highest BCUT2D eigenvalue weighted by Gasteiger charge is 2.29. The Bertz CT molecular complexity index is 383. The summed E-state index contributed by atoms with van der Waals surface area (Å²) in [5, 5.41) is 9.43. The maximum absolute atomic E-state index is 11.5. The van der Waals surface area contributed by atoms with Crippen molar-refractivity contribution in [2.45, 2.75) is 38.6 Å². The molecule has 1 unspecified atom stereocenters. The fourth-order valence-corrected chi connectivity index (χ4v) is 3.45. The van der Waals surface area contributed by atoms with Crippen molar-refractivity contribution in [1.82, 2.24) is 4.90 Å². The summed E-state index contributed by atoms with van der Waals surface area (Å²) in [5.41, 5.74) is 0. The lowest BCUT2D eigenvalue weighted by Crippen LogP contribution is -2.37. The van der Waals surface area contributed by atoms with Crippen LogP contribution in [0, 0.1) is 0 Å². The van der Waals surface area contributed by atoms with Crippen molar-refractivity contribution in [2.24, 2.45) is 0 Å². The molecule has 0 amide bonds. The van der Waals surface area contributed by atoms with Gasteiger partial charge < -0.3 is 5.11 Å². The standard InChI is InChI=1S/C13H19NO2S/c1-2-10-6-7-11(17-10)12(13(15)16)14-8-4-3-5-9-14/h6-7,12H,2-5,8-9H2,1H3,(H,15,16). The van der Waals surface area contributed by atoms with Crippen LogP contribution in [0.1, 0.15) is 42.0 Å².